The second-order valence-corrected chi connectivity index (χ2v) is 12.7. The number of nitrogens with one attached hydrogen (secondary N) is 3. The second-order valence-electron chi connectivity index (χ2n) is 9.67. The molecule has 3 heterocycles. The molecule has 16 nitrogen and oxygen atoms in total. The number of anilines is 1. The third kappa shape index (κ3) is 9.77. The van der Waals surface area contributed by atoms with E-state index in [1.54, 1.807) is 11.8 Å². The van der Waals surface area contributed by atoms with E-state index in [9.17, 15) is 29.1 Å². The number of carbonyl (C=O) groups excluding carboxylic acids is 4. The number of thioether (sulfide) groups is 2. The number of hydrogen-bond acceptors (Lipinski definition) is 13. The third-order valence-electron chi connectivity index (χ3n) is 6.61. The number of aliphatic carboxylic acids is 1. The second kappa shape index (κ2) is 18.0. The topological polar surface area (TPSA) is 243 Å². The van der Waals surface area contributed by atoms with E-state index in [0.29, 0.717) is 17.9 Å². The van der Waals surface area contributed by atoms with Crippen LogP contribution in [-0.4, -0.2) is 110 Å². The van der Waals surface area contributed by atoms with Gasteiger partial charge >= 0.3 is 5.97 Å². The normalized spacial score (nSPS) is 18.1. The number of rotatable bonds is 14. The molecule has 1 aromatic carbocycles. The van der Waals surface area contributed by atoms with Crippen LogP contribution in [-0.2, 0) is 40.0 Å². The Kier molecular flexibility index (Phi) is 14.2. The number of nitrogens with two attached hydrogens (primary N) is 1. The first kappa shape index (κ1) is 37.0. The molecule has 0 radical (unpaired) electrons. The molecule has 2 aliphatic rings. The Balaban J connectivity index is 0.00000192. The molecule has 4 rings (SSSR count). The number of thiazole rings is 1. The van der Waals surface area contributed by atoms with Gasteiger partial charge in [0.15, 0.2) is 10.8 Å². The number of β-lactam (4-membered cyclic amide) rings is 1. The number of fused-ring (bicyclic) bond motifs is 1. The molecule has 4 amide bonds. The van der Waals surface area contributed by atoms with E-state index >= 15 is 0 Å². The molecule has 0 aliphatic carbocycles. The molecule has 0 saturated carbocycles. The molecule has 1 fully saturated rings. The number of carboxylic acids is 1. The van der Waals surface area contributed by atoms with Crippen molar-refractivity contribution in [2.75, 3.05) is 30.2 Å². The summed E-state index contributed by atoms with van der Waals surface area (Å²) in [5.74, 6) is -2.49. The zero-order valence-corrected chi connectivity index (χ0v) is 27.6. The van der Waals surface area contributed by atoms with Gasteiger partial charge < -0.3 is 36.7 Å². The van der Waals surface area contributed by atoms with Crippen LogP contribution in [0.25, 0.3) is 0 Å². The summed E-state index contributed by atoms with van der Waals surface area (Å²) in [4.78, 5) is 82.0. The number of benzene rings is 1. The van der Waals surface area contributed by atoms with E-state index < -0.39 is 53.1 Å². The summed E-state index contributed by atoms with van der Waals surface area (Å²) in [6.45, 7) is -0.250. The summed E-state index contributed by atoms with van der Waals surface area (Å²) in [6, 6.07) is 6.47. The maximum Gasteiger partial charge on any atom is 0.352 e. The van der Waals surface area contributed by atoms with Crippen LogP contribution in [0.4, 0.5) is 5.13 Å². The van der Waals surface area contributed by atoms with Crippen LogP contribution in [0.15, 0.2) is 52.6 Å². The Hall–Kier alpha value is -4.46. The molecule has 2 aromatic rings. The predicted molar refractivity (Wildman–Crippen MR) is 177 cm³/mol. The molecule has 1 aromatic heterocycles. The number of aromatic nitrogens is 1. The zero-order valence-electron chi connectivity index (χ0n) is 25.2. The van der Waals surface area contributed by atoms with Gasteiger partial charge in [0, 0.05) is 17.6 Å². The van der Waals surface area contributed by atoms with Crippen molar-refractivity contribution in [3.63, 3.8) is 0 Å². The number of amides is 4. The number of hydrogen-bond donors (Lipinski definition) is 6. The molecule has 2 aliphatic heterocycles. The Morgan fingerprint density at radius 1 is 1.26 bits per heavy atom. The largest absolute Gasteiger partial charge is 0.483 e. The van der Waals surface area contributed by atoms with Crippen molar-refractivity contribution in [2.45, 2.75) is 36.3 Å². The van der Waals surface area contributed by atoms with Crippen LogP contribution >= 0.6 is 34.9 Å². The van der Waals surface area contributed by atoms with E-state index in [2.05, 4.69) is 26.1 Å². The highest BCUT2D eigenvalue weighted by Gasteiger charge is 2.53. The molecule has 4 atom stereocenters. The minimum atomic E-state index is -1.23. The summed E-state index contributed by atoms with van der Waals surface area (Å²) < 4.78 is 0. The molecule has 47 heavy (non-hydrogen) atoms. The van der Waals surface area contributed by atoms with Gasteiger partial charge in [0.25, 0.3) is 18.3 Å². The lowest BCUT2D eigenvalue weighted by Gasteiger charge is -2.48. The van der Waals surface area contributed by atoms with E-state index in [1.165, 1.54) is 30.3 Å². The minimum Gasteiger partial charge on any atom is -0.483 e. The fourth-order valence-corrected chi connectivity index (χ4v) is 6.77. The summed E-state index contributed by atoms with van der Waals surface area (Å²) >= 11 is 3.89. The van der Waals surface area contributed by atoms with E-state index in [4.69, 9.17) is 20.5 Å². The standard InChI is InChI=1S/C27H31N7O7S3.CH2O2/c1-41-33-19(23(37)31-20-24(38)34-18(26(39)40)9-11-43-25(20)34)17-13-44-27(30-17)32-22(36)16(12-14-6-4-3-5-7-14)29-21(35)15(28)8-10-42-2;2-1-3/h3-7,9,13,15-16,20,25H,8,10-12,28H2,1-2H3,(H,29,35)(H,31,37)(H,39,40)(H,30,32,36);1H,(H,2,3)/b33-19-;/t15-,16-,20+,25-;/m0./s1. The van der Waals surface area contributed by atoms with E-state index in [0.717, 1.165) is 21.8 Å². The first-order chi connectivity index (χ1) is 22.6. The Bertz CT molecular complexity index is 1520. The lowest BCUT2D eigenvalue weighted by Crippen LogP contribution is -2.70. The monoisotopic (exact) mass is 707 g/mol. The van der Waals surface area contributed by atoms with Crippen LogP contribution in [0.5, 0.6) is 0 Å². The van der Waals surface area contributed by atoms with Gasteiger partial charge in [0.2, 0.25) is 11.8 Å². The third-order valence-corrected chi connectivity index (χ3v) is 9.20. The van der Waals surface area contributed by atoms with E-state index in [-0.39, 0.29) is 35.1 Å². The number of carboxylic acid groups (broad SMARTS) is 2. The van der Waals surface area contributed by atoms with Gasteiger partial charge in [-0.05, 0) is 30.1 Å². The summed E-state index contributed by atoms with van der Waals surface area (Å²) in [6.07, 6.45) is 4.01. The highest BCUT2D eigenvalue weighted by atomic mass is 32.2. The van der Waals surface area contributed by atoms with Crippen LogP contribution in [0.1, 0.15) is 17.7 Å². The Morgan fingerprint density at radius 3 is 2.60 bits per heavy atom. The Morgan fingerprint density at radius 2 is 1.96 bits per heavy atom. The Labute approximate surface area is 281 Å². The number of oxime groups is 1. The lowest BCUT2D eigenvalue weighted by atomic mass is 10.0. The summed E-state index contributed by atoms with van der Waals surface area (Å²) in [7, 11) is 1.24. The van der Waals surface area contributed by atoms with Crippen LogP contribution in [0.3, 0.4) is 0 Å². The van der Waals surface area contributed by atoms with Crippen LogP contribution in [0, 0.1) is 0 Å². The number of carbonyl (C=O) groups is 6. The maximum atomic E-state index is 13.3. The lowest BCUT2D eigenvalue weighted by molar-refractivity contribution is -0.150. The average molecular weight is 708 g/mol. The van der Waals surface area contributed by atoms with Crippen LogP contribution in [0.2, 0.25) is 0 Å². The number of nitrogens with zero attached hydrogens (tertiary/aromatic N) is 3. The van der Waals surface area contributed by atoms with Gasteiger partial charge in [-0.25, -0.2) is 9.78 Å². The van der Waals surface area contributed by atoms with Crippen molar-refractivity contribution in [1.29, 1.82) is 0 Å². The van der Waals surface area contributed by atoms with Crippen molar-refractivity contribution >= 4 is 81.8 Å². The van der Waals surface area contributed by atoms with Gasteiger partial charge in [-0.15, -0.1) is 23.1 Å². The highest BCUT2D eigenvalue weighted by molar-refractivity contribution is 8.00. The van der Waals surface area contributed by atoms with Crippen molar-refractivity contribution in [1.82, 2.24) is 20.5 Å². The summed E-state index contributed by atoms with van der Waals surface area (Å²) in [5.41, 5.74) is 6.53. The van der Waals surface area contributed by atoms with Gasteiger partial charge in [-0.1, -0.05) is 35.5 Å². The van der Waals surface area contributed by atoms with Gasteiger partial charge in [-0.3, -0.25) is 28.9 Å². The molecule has 1 saturated heterocycles. The predicted octanol–water partition coefficient (Wildman–Crippen LogP) is 0.309. The molecular weight excluding hydrogens is 675 g/mol. The SMILES string of the molecule is CO/N=C(\C(=O)N[C@@H]1C(=O)N2C(C(=O)O)=CCS[C@@H]12)c1csc(NC(=O)[C@H](Cc2ccccc2)NC(=O)[C@@H](N)CCSC)n1.O=CO. The molecular formula is C28H33N7O9S3. The van der Waals surface area contributed by atoms with Gasteiger partial charge in [0.1, 0.15) is 36.0 Å². The first-order valence-electron chi connectivity index (χ1n) is 13.8. The molecule has 0 spiro atoms. The quantitative estimate of drug-likeness (QED) is 0.0671. The summed E-state index contributed by atoms with van der Waals surface area (Å²) in [5, 5.41) is 29.1. The zero-order chi connectivity index (χ0) is 34.5. The average Bonchev–Trinajstić information content (AvgIpc) is 3.52. The molecule has 7 N–H and O–H groups in total. The van der Waals surface area contributed by atoms with E-state index in [1.807, 2.05) is 36.6 Å². The molecule has 0 bridgehead atoms. The van der Waals surface area contributed by atoms with Gasteiger partial charge in [0.05, 0.1) is 6.04 Å². The molecule has 0 unspecified atom stereocenters. The first-order valence-corrected chi connectivity index (χ1v) is 17.1. The van der Waals surface area contributed by atoms with Crippen LogP contribution < -0.4 is 21.7 Å². The smallest absolute Gasteiger partial charge is 0.352 e. The molecule has 19 heteroatoms. The van der Waals surface area contributed by atoms with Crippen molar-refractivity contribution < 1.29 is 43.8 Å². The molecule has 252 valence electrons. The van der Waals surface area contributed by atoms with Crippen molar-refractivity contribution in [3.8, 4) is 0 Å². The minimum absolute atomic E-state index is 0.0680. The fraction of sp³-hybridized carbons (Fsp3) is 0.357. The van der Waals surface area contributed by atoms with Crippen molar-refractivity contribution in [2.24, 2.45) is 10.9 Å². The maximum absolute atomic E-state index is 13.3. The van der Waals surface area contributed by atoms with Gasteiger partial charge in [-0.2, -0.15) is 11.8 Å². The highest BCUT2D eigenvalue weighted by Crippen LogP contribution is 2.37. The fourth-order valence-electron chi connectivity index (χ4n) is 4.39. The van der Waals surface area contributed by atoms with Crippen molar-refractivity contribution in [3.05, 3.63) is 58.7 Å².